The summed E-state index contributed by atoms with van der Waals surface area (Å²) >= 11 is 0. The van der Waals surface area contributed by atoms with Crippen molar-refractivity contribution in [2.24, 2.45) is 0 Å². The van der Waals surface area contributed by atoms with Gasteiger partial charge in [0.25, 0.3) is 0 Å². The maximum atomic E-state index is 12.9. The summed E-state index contributed by atoms with van der Waals surface area (Å²) < 4.78 is 38.4. The highest BCUT2D eigenvalue weighted by molar-refractivity contribution is 6.01. The van der Waals surface area contributed by atoms with Crippen LogP contribution in [0.4, 0.5) is 0 Å². The van der Waals surface area contributed by atoms with E-state index in [0.717, 1.165) is 5.57 Å². The highest BCUT2D eigenvalue weighted by Gasteiger charge is 2.45. The van der Waals surface area contributed by atoms with Crippen LogP contribution in [0.2, 0.25) is 0 Å². The monoisotopic (exact) mass is 720 g/mol. The molecule has 0 amide bonds. The van der Waals surface area contributed by atoms with E-state index >= 15 is 0 Å². The van der Waals surface area contributed by atoms with Gasteiger partial charge in [-0.25, -0.2) is 4.79 Å². The number of furan rings is 1. The SMILES string of the molecule is CC(=CCOc1c2ccoc2cc2oc(=O)ccc12)CC[C@@H](OC(=O)CC(C)(O)CC(=O)OC[C@H]1O[C@@H](OC(C)C)[C@H](O)[C@@H](O)[C@@H]1O)C(C)(C)O. The van der Waals surface area contributed by atoms with Crippen molar-refractivity contribution in [3.05, 3.63) is 52.6 Å². The van der Waals surface area contributed by atoms with Gasteiger partial charge in [0.05, 0.1) is 47.2 Å². The van der Waals surface area contributed by atoms with Gasteiger partial charge in [-0.2, -0.15) is 0 Å². The summed E-state index contributed by atoms with van der Waals surface area (Å²) in [4.78, 5) is 37.2. The number of aliphatic hydroxyl groups excluding tert-OH is 3. The Labute approximate surface area is 294 Å². The number of esters is 2. The van der Waals surface area contributed by atoms with Crippen LogP contribution in [0.25, 0.3) is 21.9 Å². The van der Waals surface area contributed by atoms with Gasteiger partial charge >= 0.3 is 17.6 Å². The molecule has 0 radical (unpaired) electrons. The molecule has 282 valence electrons. The van der Waals surface area contributed by atoms with Crippen molar-refractivity contribution >= 4 is 33.9 Å². The average molecular weight is 721 g/mol. The maximum Gasteiger partial charge on any atom is 0.336 e. The lowest BCUT2D eigenvalue weighted by Crippen LogP contribution is -2.59. The molecule has 1 unspecified atom stereocenters. The summed E-state index contributed by atoms with van der Waals surface area (Å²) in [6, 6.07) is 6.31. The molecule has 2 aromatic heterocycles. The number of hydrogen-bond acceptors (Lipinski definition) is 15. The van der Waals surface area contributed by atoms with Crippen molar-refractivity contribution in [2.75, 3.05) is 13.2 Å². The van der Waals surface area contributed by atoms with Gasteiger partial charge in [-0.15, -0.1) is 0 Å². The van der Waals surface area contributed by atoms with Gasteiger partial charge < -0.3 is 58.1 Å². The fourth-order valence-electron chi connectivity index (χ4n) is 5.60. The van der Waals surface area contributed by atoms with E-state index in [4.69, 9.17) is 32.5 Å². The Morgan fingerprint density at radius 3 is 2.33 bits per heavy atom. The Kier molecular flexibility index (Phi) is 13.1. The van der Waals surface area contributed by atoms with E-state index in [-0.39, 0.29) is 19.1 Å². The highest BCUT2D eigenvalue weighted by atomic mass is 16.7. The summed E-state index contributed by atoms with van der Waals surface area (Å²) in [5.74, 6) is -1.28. The average Bonchev–Trinajstić information content (AvgIpc) is 3.49. The van der Waals surface area contributed by atoms with Crippen LogP contribution >= 0.6 is 0 Å². The minimum absolute atomic E-state index is 0.164. The van der Waals surface area contributed by atoms with Crippen LogP contribution in [0, 0.1) is 0 Å². The molecule has 3 heterocycles. The van der Waals surface area contributed by atoms with Crippen molar-refractivity contribution in [2.45, 2.75) is 121 Å². The second-order valence-corrected chi connectivity index (χ2v) is 14.0. The minimum atomic E-state index is -1.89. The summed E-state index contributed by atoms with van der Waals surface area (Å²) in [5, 5.41) is 53.5. The van der Waals surface area contributed by atoms with E-state index < -0.39 is 85.0 Å². The smallest absolute Gasteiger partial charge is 0.336 e. The third-order valence-corrected chi connectivity index (χ3v) is 8.36. The molecule has 0 aliphatic carbocycles. The van der Waals surface area contributed by atoms with Crippen LogP contribution in [0.15, 0.2) is 55.8 Å². The van der Waals surface area contributed by atoms with Gasteiger partial charge in [0, 0.05) is 12.1 Å². The molecular formula is C36H48O15. The van der Waals surface area contributed by atoms with Crippen molar-refractivity contribution in [1.82, 2.24) is 0 Å². The van der Waals surface area contributed by atoms with Crippen LogP contribution < -0.4 is 10.4 Å². The number of hydrogen-bond donors (Lipinski definition) is 5. The van der Waals surface area contributed by atoms with Gasteiger partial charge in [-0.1, -0.05) is 5.57 Å². The third-order valence-electron chi connectivity index (χ3n) is 8.36. The number of aliphatic hydroxyl groups is 5. The Hall–Kier alpha value is -3.83. The molecule has 3 aromatic rings. The molecule has 1 saturated heterocycles. The Balaban J connectivity index is 1.28. The topological polar surface area (TPSA) is 225 Å². The summed E-state index contributed by atoms with van der Waals surface area (Å²) in [7, 11) is 0. The molecular weight excluding hydrogens is 672 g/mol. The number of carbonyl (C=O) groups is 2. The number of carbonyl (C=O) groups excluding carboxylic acids is 2. The molecule has 1 aliphatic rings. The molecule has 15 nitrogen and oxygen atoms in total. The molecule has 5 N–H and O–H groups in total. The van der Waals surface area contributed by atoms with Crippen molar-refractivity contribution in [3.63, 3.8) is 0 Å². The maximum absolute atomic E-state index is 12.9. The van der Waals surface area contributed by atoms with Crippen molar-refractivity contribution < 1.29 is 67.6 Å². The Morgan fingerprint density at radius 1 is 0.961 bits per heavy atom. The molecule has 15 heteroatoms. The Morgan fingerprint density at radius 2 is 1.65 bits per heavy atom. The summed E-state index contributed by atoms with van der Waals surface area (Å²) in [5.41, 5.74) is -2.12. The first-order valence-corrected chi connectivity index (χ1v) is 16.7. The summed E-state index contributed by atoms with van der Waals surface area (Å²) in [6.45, 7) is 9.11. The van der Waals surface area contributed by atoms with Crippen LogP contribution in [0.5, 0.6) is 5.75 Å². The van der Waals surface area contributed by atoms with E-state index in [1.807, 2.05) is 13.0 Å². The lowest BCUT2D eigenvalue weighted by Gasteiger charge is -2.40. The largest absolute Gasteiger partial charge is 0.488 e. The zero-order valence-corrected chi connectivity index (χ0v) is 29.6. The van der Waals surface area contributed by atoms with Crippen LogP contribution in [0.3, 0.4) is 0 Å². The van der Waals surface area contributed by atoms with Gasteiger partial charge in [0.1, 0.15) is 60.6 Å². The quantitative estimate of drug-likeness (QED) is 0.0815. The molecule has 7 atom stereocenters. The van der Waals surface area contributed by atoms with E-state index in [2.05, 4.69) is 0 Å². The predicted molar refractivity (Wildman–Crippen MR) is 181 cm³/mol. The molecule has 51 heavy (non-hydrogen) atoms. The molecule has 1 aromatic carbocycles. The Bertz CT molecular complexity index is 1730. The predicted octanol–water partition coefficient (Wildman–Crippen LogP) is 2.63. The van der Waals surface area contributed by atoms with Crippen molar-refractivity contribution in [3.8, 4) is 5.75 Å². The van der Waals surface area contributed by atoms with Crippen LogP contribution in [-0.2, 0) is 28.5 Å². The van der Waals surface area contributed by atoms with E-state index in [9.17, 15) is 39.9 Å². The first-order valence-electron chi connectivity index (χ1n) is 16.7. The first kappa shape index (κ1) is 39.9. The minimum Gasteiger partial charge on any atom is -0.488 e. The molecule has 4 rings (SSSR count). The molecule has 0 spiro atoms. The number of fused-ring (bicyclic) bond motifs is 2. The second-order valence-electron chi connectivity index (χ2n) is 14.0. The molecule has 0 bridgehead atoms. The lowest BCUT2D eigenvalue weighted by molar-refractivity contribution is -0.309. The van der Waals surface area contributed by atoms with Gasteiger partial charge in [-0.05, 0) is 72.6 Å². The fourth-order valence-corrected chi connectivity index (χ4v) is 5.60. The number of rotatable bonds is 16. The zero-order valence-electron chi connectivity index (χ0n) is 29.6. The highest BCUT2D eigenvalue weighted by Crippen LogP contribution is 2.35. The van der Waals surface area contributed by atoms with E-state index in [0.29, 0.717) is 34.1 Å². The fraction of sp³-hybridized carbons (Fsp3) is 0.583. The number of ether oxygens (including phenoxy) is 5. The summed E-state index contributed by atoms with van der Waals surface area (Å²) in [6.07, 6.45) is -5.75. The van der Waals surface area contributed by atoms with E-state index in [1.54, 1.807) is 32.0 Å². The van der Waals surface area contributed by atoms with Gasteiger partial charge in [-0.3, -0.25) is 9.59 Å². The zero-order chi connectivity index (χ0) is 37.7. The molecule has 1 fully saturated rings. The van der Waals surface area contributed by atoms with Gasteiger partial charge in [0.15, 0.2) is 6.29 Å². The lowest BCUT2D eigenvalue weighted by atomic mass is 9.94. The number of benzene rings is 1. The molecule has 0 saturated carbocycles. The van der Waals surface area contributed by atoms with Crippen LogP contribution in [0.1, 0.15) is 67.2 Å². The molecule has 1 aliphatic heterocycles. The second kappa shape index (κ2) is 16.7. The van der Waals surface area contributed by atoms with E-state index in [1.165, 1.54) is 33.1 Å². The van der Waals surface area contributed by atoms with Gasteiger partial charge in [0.2, 0.25) is 0 Å². The number of allylic oxidation sites excluding steroid dienone is 1. The van der Waals surface area contributed by atoms with Crippen molar-refractivity contribution in [1.29, 1.82) is 0 Å². The first-order chi connectivity index (χ1) is 23.8. The van der Waals surface area contributed by atoms with Crippen LogP contribution in [-0.4, -0.2) is 105 Å². The normalized spacial score (nSPS) is 23.3. The third kappa shape index (κ3) is 10.8. The standard InChI is InChI=1S/C36H48O15/c1-19(2)48-34-32(42)31(41)30(40)25(50-34)18-47-28(38)16-36(6,44)17-29(39)51-26(35(4,5)43)9-7-20(3)11-13-46-33-21-8-10-27(37)49-24(21)15-23-22(33)12-14-45-23/h8,10-12,14-15,19,25-26,30-32,34,40-44H,7,9,13,16-18H2,1-6H3/t25-,26-,30-,31+,32-,34-,36?/m1/s1.